The monoisotopic (exact) mass is 260 g/mol. The van der Waals surface area contributed by atoms with Crippen LogP contribution in [0.3, 0.4) is 0 Å². The van der Waals surface area contributed by atoms with Crippen molar-refractivity contribution in [2.45, 2.75) is 6.92 Å². The van der Waals surface area contributed by atoms with Gasteiger partial charge in [-0.05, 0) is 30.7 Å². The number of nitrogens with zero attached hydrogens (tertiary/aromatic N) is 3. The molecule has 0 bridgehead atoms. The number of allylic oxidation sites excluding steroid dienone is 1. The summed E-state index contributed by atoms with van der Waals surface area (Å²) >= 11 is 0. The van der Waals surface area contributed by atoms with Gasteiger partial charge in [0.25, 0.3) is 0 Å². The molecule has 0 fully saturated rings. The first-order chi connectivity index (χ1) is 9.74. The van der Waals surface area contributed by atoms with Crippen molar-refractivity contribution in [1.82, 2.24) is 4.98 Å². The molecule has 96 valence electrons. The molecule has 0 atom stereocenters. The van der Waals surface area contributed by atoms with Gasteiger partial charge >= 0.3 is 0 Å². The van der Waals surface area contributed by atoms with Crippen LogP contribution in [0.1, 0.15) is 5.56 Å². The molecule has 0 amide bonds. The van der Waals surface area contributed by atoms with Crippen LogP contribution in [0.5, 0.6) is 0 Å². The Morgan fingerprint density at radius 2 is 1.85 bits per heavy atom. The van der Waals surface area contributed by atoms with E-state index in [2.05, 4.69) is 10.3 Å². The minimum Gasteiger partial charge on any atom is -0.360 e. The summed E-state index contributed by atoms with van der Waals surface area (Å²) in [6.45, 7) is 2.02. The van der Waals surface area contributed by atoms with Gasteiger partial charge in [0.2, 0.25) is 0 Å². The van der Waals surface area contributed by atoms with Crippen molar-refractivity contribution >= 4 is 5.69 Å². The van der Waals surface area contributed by atoms with Crippen molar-refractivity contribution in [2.75, 3.05) is 5.32 Å². The minimum atomic E-state index is 0.0367. The van der Waals surface area contributed by atoms with Gasteiger partial charge in [-0.2, -0.15) is 10.5 Å². The summed E-state index contributed by atoms with van der Waals surface area (Å²) < 4.78 is 0. The highest BCUT2D eigenvalue weighted by atomic mass is 14.8. The van der Waals surface area contributed by atoms with Crippen LogP contribution in [0.2, 0.25) is 0 Å². The van der Waals surface area contributed by atoms with Gasteiger partial charge in [-0.3, -0.25) is 4.98 Å². The molecule has 0 aliphatic rings. The van der Waals surface area contributed by atoms with Gasteiger partial charge < -0.3 is 5.32 Å². The fourth-order valence-electron chi connectivity index (χ4n) is 1.76. The van der Waals surface area contributed by atoms with E-state index in [-0.39, 0.29) is 5.57 Å². The van der Waals surface area contributed by atoms with Crippen LogP contribution >= 0.6 is 0 Å². The number of aryl methyl sites for hydroxylation is 1. The van der Waals surface area contributed by atoms with Gasteiger partial charge in [-0.1, -0.05) is 18.2 Å². The molecule has 4 heteroatoms. The summed E-state index contributed by atoms with van der Waals surface area (Å²) in [5.74, 6) is 0. The zero-order valence-electron chi connectivity index (χ0n) is 11.0. The lowest BCUT2D eigenvalue weighted by atomic mass is 10.1. The van der Waals surface area contributed by atoms with Crippen LogP contribution in [0.4, 0.5) is 5.69 Å². The predicted octanol–water partition coefficient (Wildman–Crippen LogP) is 3.40. The van der Waals surface area contributed by atoms with E-state index in [0.717, 1.165) is 22.5 Å². The maximum absolute atomic E-state index is 8.64. The van der Waals surface area contributed by atoms with Crippen LogP contribution in [-0.2, 0) is 0 Å². The lowest BCUT2D eigenvalue weighted by molar-refractivity contribution is 1.27. The molecule has 2 rings (SSSR count). The van der Waals surface area contributed by atoms with Gasteiger partial charge in [-0.25, -0.2) is 0 Å². The smallest absolute Gasteiger partial charge is 0.145 e. The van der Waals surface area contributed by atoms with E-state index in [9.17, 15) is 0 Å². The van der Waals surface area contributed by atoms with E-state index >= 15 is 0 Å². The van der Waals surface area contributed by atoms with Gasteiger partial charge in [-0.15, -0.1) is 0 Å². The topological polar surface area (TPSA) is 72.5 Å². The first-order valence-corrected chi connectivity index (χ1v) is 6.03. The van der Waals surface area contributed by atoms with Crippen molar-refractivity contribution in [3.63, 3.8) is 0 Å². The van der Waals surface area contributed by atoms with Crippen LogP contribution in [0.25, 0.3) is 11.3 Å². The Balaban J connectivity index is 2.20. The Bertz CT molecular complexity index is 699. The number of anilines is 1. The second kappa shape index (κ2) is 6.17. The molecule has 0 saturated heterocycles. The third-order valence-corrected chi connectivity index (χ3v) is 2.79. The lowest BCUT2D eigenvalue weighted by Crippen LogP contribution is -1.91. The zero-order chi connectivity index (χ0) is 14.4. The van der Waals surface area contributed by atoms with Crippen molar-refractivity contribution in [3.8, 4) is 23.4 Å². The van der Waals surface area contributed by atoms with Crippen molar-refractivity contribution in [1.29, 1.82) is 10.5 Å². The van der Waals surface area contributed by atoms with Crippen LogP contribution < -0.4 is 5.32 Å². The number of rotatable bonds is 3. The van der Waals surface area contributed by atoms with Crippen LogP contribution in [-0.4, -0.2) is 4.98 Å². The van der Waals surface area contributed by atoms with Gasteiger partial charge in [0.1, 0.15) is 17.7 Å². The number of benzene rings is 1. The largest absolute Gasteiger partial charge is 0.360 e. The van der Waals surface area contributed by atoms with Crippen molar-refractivity contribution < 1.29 is 0 Å². The molecule has 0 aliphatic carbocycles. The molecule has 0 aliphatic heterocycles. The van der Waals surface area contributed by atoms with Crippen LogP contribution in [0, 0.1) is 29.6 Å². The second-order valence-electron chi connectivity index (χ2n) is 4.17. The molecule has 1 N–H and O–H groups in total. The van der Waals surface area contributed by atoms with E-state index in [0.29, 0.717) is 0 Å². The summed E-state index contributed by atoms with van der Waals surface area (Å²) in [5.41, 5.74) is 3.94. The first-order valence-electron chi connectivity index (χ1n) is 6.03. The molecule has 0 radical (unpaired) electrons. The van der Waals surface area contributed by atoms with E-state index < -0.39 is 0 Å². The summed E-state index contributed by atoms with van der Waals surface area (Å²) in [4.78, 5) is 4.36. The highest BCUT2D eigenvalue weighted by Gasteiger charge is 2.02. The number of hydrogen-bond donors (Lipinski definition) is 1. The maximum Gasteiger partial charge on any atom is 0.145 e. The number of aromatic nitrogens is 1. The van der Waals surface area contributed by atoms with Crippen molar-refractivity contribution in [2.24, 2.45) is 0 Å². The predicted molar refractivity (Wildman–Crippen MR) is 77.3 cm³/mol. The Labute approximate surface area is 117 Å². The first kappa shape index (κ1) is 13.3. The highest BCUT2D eigenvalue weighted by molar-refractivity contribution is 5.65. The normalized spacial score (nSPS) is 9.15. The number of pyridine rings is 1. The Hall–Kier alpha value is -3.11. The molecule has 1 aromatic heterocycles. The number of nitrogens with one attached hydrogen (secondary N) is 1. The summed E-state index contributed by atoms with van der Waals surface area (Å²) in [6.07, 6.45) is 3.16. The van der Waals surface area contributed by atoms with Gasteiger partial charge in [0, 0.05) is 23.6 Å². The minimum absolute atomic E-state index is 0.0367. The molecular weight excluding hydrogens is 248 g/mol. The lowest BCUT2D eigenvalue weighted by Gasteiger charge is -2.06. The molecular formula is C16H12N4. The molecule has 0 unspecified atom stereocenters. The van der Waals surface area contributed by atoms with Crippen LogP contribution in [0.15, 0.2) is 54.4 Å². The second-order valence-corrected chi connectivity index (χ2v) is 4.17. The standard InChI is InChI=1S/C16H12N4/c1-12-3-2-8-19-16(12)14-4-6-15(7-5-14)20-11-13(9-17)10-18/h2-8,11,20H,1H3. The van der Waals surface area contributed by atoms with Gasteiger partial charge in [0.15, 0.2) is 0 Å². The van der Waals surface area contributed by atoms with E-state index in [1.165, 1.54) is 6.20 Å². The fourth-order valence-corrected chi connectivity index (χ4v) is 1.76. The summed E-state index contributed by atoms with van der Waals surface area (Å²) in [5, 5.41) is 20.2. The SMILES string of the molecule is Cc1cccnc1-c1ccc(NC=C(C#N)C#N)cc1. The summed E-state index contributed by atoms with van der Waals surface area (Å²) in [6, 6.07) is 15.2. The van der Waals surface area contributed by atoms with E-state index in [1.807, 2.05) is 43.3 Å². The molecule has 0 spiro atoms. The molecule has 20 heavy (non-hydrogen) atoms. The average Bonchev–Trinajstić information content (AvgIpc) is 2.49. The Kier molecular flexibility index (Phi) is 4.11. The molecule has 2 aromatic rings. The van der Waals surface area contributed by atoms with Gasteiger partial charge in [0.05, 0.1) is 5.69 Å². The molecule has 1 heterocycles. The fraction of sp³-hybridized carbons (Fsp3) is 0.0625. The molecule has 4 nitrogen and oxygen atoms in total. The zero-order valence-corrected chi connectivity index (χ0v) is 11.0. The third kappa shape index (κ3) is 3.01. The quantitative estimate of drug-likeness (QED) is 0.858. The van der Waals surface area contributed by atoms with Crippen molar-refractivity contribution in [3.05, 3.63) is 59.9 Å². The maximum atomic E-state index is 8.64. The third-order valence-electron chi connectivity index (χ3n) is 2.79. The summed E-state index contributed by atoms with van der Waals surface area (Å²) in [7, 11) is 0. The molecule has 1 aromatic carbocycles. The molecule has 0 saturated carbocycles. The number of hydrogen-bond acceptors (Lipinski definition) is 4. The highest BCUT2D eigenvalue weighted by Crippen LogP contribution is 2.22. The number of nitriles is 2. The Morgan fingerprint density at radius 3 is 2.45 bits per heavy atom. The van der Waals surface area contributed by atoms with E-state index in [1.54, 1.807) is 18.3 Å². The Morgan fingerprint density at radius 1 is 1.15 bits per heavy atom. The average molecular weight is 260 g/mol. The van der Waals surface area contributed by atoms with E-state index in [4.69, 9.17) is 10.5 Å².